The summed E-state index contributed by atoms with van der Waals surface area (Å²) in [4.78, 5) is 24.7. The maximum atomic E-state index is 12.0. The molecule has 7 nitrogen and oxygen atoms in total. The zero-order valence-corrected chi connectivity index (χ0v) is 20.7. The van der Waals surface area contributed by atoms with Crippen molar-refractivity contribution in [3.05, 3.63) is 48.8 Å². The number of fused-ring (bicyclic) bond motifs is 1. The minimum atomic E-state index is -0.699. The summed E-state index contributed by atoms with van der Waals surface area (Å²) in [6.45, 7) is 7.88. The van der Waals surface area contributed by atoms with Crippen molar-refractivity contribution in [3.8, 4) is 0 Å². The number of amides is 2. The van der Waals surface area contributed by atoms with Crippen LogP contribution in [-0.4, -0.2) is 48.4 Å². The van der Waals surface area contributed by atoms with Gasteiger partial charge in [-0.2, -0.15) is 0 Å². The number of hydrogen-bond donors (Lipinski definition) is 4. The molecule has 0 fully saturated rings. The Bertz CT molecular complexity index is 901. The lowest BCUT2D eigenvalue weighted by Gasteiger charge is -2.12. The number of benzene rings is 2. The van der Waals surface area contributed by atoms with Crippen molar-refractivity contribution in [2.75, 3.05) is 37.3 Å². The Kier molecular flexibility index (Phi) is 12.5. The van der Waals surface area contributed by atoms with Crippen molar-refractivity contribution in [2.24, 2.45) is 0 Å². The van der Waals surface area contributed by atoms with Gasteiger partial charge in [-0.05, 0) is 30.3 Å². The maximum Gasteiger partial charge on any atom is 0.220 e. The number of carbonyl (C=O) groups excluding carboxylic acids is 2. The molecule has 2 aromatic rings. The Balaban J connectivity index is 1.62. The molecule has 2 amide bonds. The van der Waals surface area contributed by atoms with Gasteiger partial charge in [-0.3, -0.25) is 9.59 Å². The van der Waals surface area contributed by atoms with Crippen LogP contribution in [0, 0.1) is 0 Å². The molecule has 1 atom stereocenters. The monoisotopic (exact) mass is 495 g/mol. The second-order valence-corrected chi connectivity index (χ2v) is 10.9. The third kappa shape index (κ3) is 9.00. The first-order chi connectivity index (χ1) is 15.6. The van der Waals surface area contributed by atoms with Gasteiger partial charge in [0.15, 0.2) is 0 Å². The standard InChI is InChI=1S/C22H30N3O4PS2/c1-3-29-30(4-2)31-16-15-25-22(27)12-11-21(26)24-14-13-23-19-9-5-8-18-17(19)7-6-10-20(18)32-28/h4-10,23,28H,2-3,11-16H2,1H3,(H,24,26)(H,25,27). The molecule has 1 unspecified atom stereocenters. The summed E-state index contributed by atoms with van der Waals surface area (Å²) in [7, 11) is -0.699. The molecule has 0 bridgehead atoms. The smallest absolute Gasteiger partial charge is 0.220 e. The minimum absolute atomic E-state index is 0.133. The number of rotatable bonds is 15. The number of carbonyl (C=O) groups is 2. The lowest BCUT2D eigenvalue weighted by atomic mass is 10.1. The van der Waals surface area contributed by atoms with Gasteiger partial charge in [0.1, 0.15) is 7.35 Å². The highest BCUT2D eigenvalue weighted by Crippen LogP contribution is 2.51. The van der Waals surface area contributed by atoms with E-state index in [-0.39, 0.29) is 24.7 Å². The van der Waals surface area contributed by atoms with E-state index in [1.807, 2.05) is 43.3 Å². The van der Waals surface area contributed by atoms with Crippen LogP contribution in [0.1, 0.15) is 19.8 Å². The summed E-state index contributed by atoms with van der Waals surface area (Å²) < 4.78 is 14.9. The summed E-state index contributed by atoms with van der Waals surface area (Å²) in [5.74, 6) is 2.26. The van der Waals surface area contributed by atoms with Crippen molar-refractivity contribution in [1.29, 1.82) is 0 Å². The molecule has 0 saturated heterocycles. The third-order valence-electron chi connectivity index (χ3n) is 4.37. The maximum absolute atomic E-state index is 12.0. The normalized spacial score (nSPS) is 11.7. The Labute approximate surface area is 198 Å². The van der Waals surface area contributed by atoms with Gasteiger partial charge in [0.2, 0.25) is 11.8 Å². The number of hydrogen-bond acceptors (Lipinski definition) is 7. The highest BCUT2D eigenvalue weighted by atomic mass is 32.7. The second kappa shape index (κ2) is 15.1. The van der Waals surface area contributed by atoms with Crippen LogP contribution in [0.3, 0.4) is 0 Å². The Morgan fingerprint density at radius 3 is 2.44 bits per heavy atom. The fourth-order valence-corrected chi connectivity index (χ4v) is 5.91. The van der Waals surface area contributed by atoms with E-state index in [0.717, 1.165) is 39.2 Å². The van der Waals surface area contributed by atoms with E-state index in [2.05, 4.69) is 22.5 Å². The third-order valence-corrected chi connectivity index (χ3v) is 8.45. The van der Waals surface area contributed by atoms with Crippen molar-refractivity contribution in [3.63, 3.8) is 0 Å². The van der Waals surface area contributed by atoms with E-state index in [0.29, 0.717) is 26.2 Å². The molecule has 10 heteroatoms. The molecule has 2 aromatic carbocycles. The van der Waals surface area contributed by atoms with Crippen molar-refractivity contribution < 1.29 is 18.7 Å². The summed E-state index contributed by atoms with van der Waals surface area (Å²) in [5, 5.41) is 10.9. The minimum Gasteiger partial charge on any atom is -0.383 e. The van der Waals surface area contributed by atoms with Gasteiger partial charge in [0.05, 0.1) is 0 Å². The van der Waals surface area contributed by atoms with Crippen molar-refractivity contribution >= 4 is 59.0 Å². The zero-order valence-electron chi connectivity index (χ0n) is 18.1. The van der Waals surface area contributed by atoms with Crippen LogP contribution in [0.4, 0.5) is 5.69 Å². The summed E-state index contributed by atoms with van der Waals surface area (Å²) in [6, 6.07) is 11.6. The van der Waals surface area contributed by atoms with Gasteiger partial charge in [0.25, 0.3) is 0 Å². The van der Waals surface area contributed by atoms with Gasteiger partial charge in [0, 0.05) is 72.8 Å². The zero-order chi connectivity index (χ0) is 23.2. The van der Waals surface area contributed by atoms with E-state index in [1.54, 1.807) is 17.2 Å². The van der Waals surface area contributed by atoms with Crippen LogP contribution in [0.15, 0.2) is 53.7 Å². The molecule has 174 valence electrons. The van der Waals surface area contributed by atoms with E-state index >= 15 is 0 Å². The van der Waals surface area contributed by atoms with Gasteiger partial charge in [-0.1, -0.05) is 42.2 Å². The lowest BCUT2D eigenvalue weighted by Crippen LogP contribution is -2.31. The molecular formula is C22H30N3O4PS2. The molecule has 0 saturated carbocycles. The molecular weight excluding hydrogens is 465 g/mol. The second-order valence-electron chi connectivity index (χ2n) is 6.59. The molecule has 0 radical (unpaired) electrons. The van der Waals surface area contributed by atoms with Crippen LogP contribution < -0.4 is 16.0 Å². The van der Waals surface area contributed by atoms with Crippen molar-refractivity contribution in [2.45, 2.75) is 24.7 Å². The van der Waals surface area contributed by atoms with Crippen LogP contribution in [0.2, 0.25) is 0 Å². The largest absolute Gasteiger partial charge is 0.383 e. The van der Waals surface area contributed by atoms with E-state index in [1.165, 1.54) is 0 Å². The molecule has 0 aromatic heterocycles. The summed E-state index contributed by atoms with van der Waals surface area (Å²) in [5.41, 5.74) is 0.939. The first-order valence-corrected chi connectivity index (χ1v) is 14.1. The predicted octanol–water partition coefficient (Wildman–Crippen LogP) is 5.05. The molecule has 0 aliphatic carbocycles. The number of nitrogens with one attached hydrogen (secondary N) is 3. The van der Waals surface area contributed by atoms with Crippen LogP contribution in [0.5, 0.6) is 0 Å². The van der Waals surface area contributed by atoms with Crippen molar-refractivity contribution in [1.82, 2.24) is 10.6 Å². The van der Waals surface area contributed by atoms with Crippen LogP contribution in [-0.2, 0) is 14.1 Å². The highest BCUT2D eigenvalue weighted by Gasteiger charge is 2.08. The molecule has 4 N–H and O–H groups in total. The van der Waals surface area contributed by atoms with Gasteiger partial charge >= 0.3 is 0 Å². The first-order valence-electron chi connectivity index (χ1n) is 10.4. The molecule has 0 heterocycles. The quantitative estimate of drug-likeness (QED) is 0.156. The lowest BCUT2D eigenvalue weighted by molar-refractivity contribution is -0.126. The Morgan fingerprint density at radius 2 is 1.75 bits per heavy atom. The van der Waals surface area contributed by atoms with E-state index in [9.17, 15) is 14.1 Å². The molecule has 32 heavy (non-hydrogen) atoms. The first kappa shape index (κ1) is 26.5. The SMILES string of the molecule is C=CP(OCC)SCCNC(=O)CCC(=O)NCCNc1cccc2c(SO)cccc12. The average molecular weight is 496 g/mol. The average Bonchev–Trinajstić information content (AvgIpc) is 2.82. The summed E-state index contributed by atoms with van der Waals surface area (Å²) >= 11 is 2.37. The highest BCUT2D eigenvalue weighted by molar-refractivity contribution is 8.55. The van der Waals surface area contributed by atoms with E-state index in [4.69, 9.17) is 4.52 Å². The molecule has 0 aliphatic heterocycles. The Morgan fingerprint density at radius 1 is 1.06 bits per heavy atom. The molecule has 0 spiro atoms. The fourth-order valence-electron chi connectivity index (χ4n) is 2.91. The molecule has 0 aliphatic rings. The van der Waals surface area contributed by atoms with Gasteiger partial charge in [-0.25, -0.2) is 0 Å². The number of anilines is 1. The van der Waals surface area contributed by atoms with Gasteiger partial charge in [-0.15, -0.1) is 0 Å². The summed E-state index contributed by atoms with van der Waals surface area (Å²) in [6.07, 6.45) is 0.319. The van der Waals surface area contributed by atoms with Gasteiger partial charge < -0.3 is 25.0 Å². The Hall–Kier alpha value is -1.77. The predicted molar refractivity (Wildman–Crippen MR) is 137 cm³/mol. The van der Waals surface area contributed by atoms with E-state index < -0.39 is 7.35 Å². The van der Waals surface area contributed by atoms with Crippen LogP contribution in [0.25, 0.3) is 10.8 Å². The molecule has 2 rings (SSSR count). The van der Waals surface area contributed by atoms with Crippen LogP contribution >= 0.6 is 30.8 Å². The topological polar surface area (TPSA) is 99.7 Å². The fraction of sp³-hybridized carbons (Fsp3) is 0.364.